The van der Waals surface area contributed by atoms with Crippen LogP contribution in [0.25, 0.3) is 0 Å². The molecule has 1 fully saturated rings. The Kier molecular flexibility index (Phi) is 2.19. The van der Waals surface area contributed by atoms with Crippen LogP contribution in [0.4, 0.5) is 0 Å². The number of hydrogen-bond donors (Lipinski definition) is 4. The average Bonchev–Trinajstić information content (AvgIpc) is 1.85. The molecule has 0 aromatic carbocycles. The van der Waals surface area contributed by atoms with E-state index in [9.17, 15) is 10.1 Å². The summed E-state index contributed by atoms with van der Waals surface area (Å²) in [7, 11) is 0. The lowest BCUT2D eigenvalue weighted by Crippen LogP contribution is -2.64. The Bertz CT molecular complexity index is 163. The minimum atomic E-state index is -1.46. The predicted octanol–water partition coefficient (Wildman–Crippen LogP) is -2.82. The average molecular weight is 164 g/mol. The molecule has 0 saturated carbocycles. The SMILES string of the molecule is O=[N+]([O-])N1CNC(O)NC1O. The van der Waals surface area contributed by atoms with Crippen LogP contribution in [-0.4, -0.2) is 39.6 Å². The van der Waals surface area contributed by atoms with Gasteiger partial charge in [-0.3, -0.25) is 5.32 Å². The number of aliphatic hydroxyl groups excluding tert-OH is 2. The van der Waals surface area contributed by atoms with E-state index >= 15 is 0 Å². The van der Waals surface area contributed by atoms with Crippen LogP contribution in [0.3, 0.4) is 0 Å². The summed E-state index contributed by atoms with van der Waals surface area (Å²) in [5, 5.41) is 31.9. The Morgan fingerprint density at radius 3 is 2.73 bits per heavy atom. The molecule has 8 heteroatoms. The second kappa shape index (κ2) is 2.96. The van der Waals surface area contributed by atoms with Crippen molar-refractivity contribution in [2.75, 3.05) is 6.67 Å². The summed E-state index contributed by atoms with van der Waals surface area (Å²) in [6.45, 7) is -0.206. The van der Waals surface area contributed by atoms with Gasteiger partial charge in [0.1, 0.15) is 6.67 Å². The number of hydrogen-bond acceptors (Lipinski definition) is 6. The van der Waals surface area contributed by atoms with E-state index in [0.717, 1.165) is 0 Å². The van der Waals surface area contributed by atoms with Gasteiger partial charge in [-0.25, -0.2) is 15.4 Å². The summed E-state index contributed by atoms with van der Waals surface area (Å²) >= 11 is 0. The lowest BCUT2D eigenvalue weighted by atomic mass is 10.6. The summed E-state index contributed by atoms with van der Waals surface area (Å²) in [5.41, 5.74) is 0. The molecule has 1 saturated heterocycles. The largest absolute Gasteiger partial charge is 0.365 e. The van der Waals surface area contributed by atoms with Gasteiger partial charge in [0.15, 0.2) is 11.4 Å². The molecule has 1 aliphatic rings. The maximum absolute atomic E-state index is 10.1. The molecule has 8 nitrogen and oxygen atoms in total. The van der Waals surface area contributed by atoms with Gasteiger partial charge >= 0.3 is 0 Å². The first-order valence-electron chi connectivity index (χ1n) is 2.88. The van der Waals surface area contributed by atoms with Crippen molar-refractivity contribution in [2.45, 2.75) is 12.7 Å². The van der Waals surface area contributed by atoms with Gasteiger partial charge in [0, 0.05) is 0 Å². The lowest BCUT2D eigenvalue weighted by molar-refractivity contribution is -0.682. The van der Waals surface area contributed by atoms with Crippen LogP contribution in [0.1, 0.15) is 0 Å². The van der Waals surface area contributed by atoms with Crippen LogP contribution in [-0.2, 0) is 0 Å². The smallest absolute Gasteiger partial charge is 0.244 e. The fourth-order valence-corrected chi connectivity index (χ4v) is 0.700. The molecule has 2 atom stereocenters. The van der Waals surface area contributed by atoms with Crippen molar-refractivity contribution in [1.29, 1.82) is 0 Å². The second-order valence-corrected chi connectivity index (χ2v) is 1.98. The van der Waals surface area contributed by atoms with Crippen LogP contribution in [0.2, 0.25) is 0 Å². The number of nitro groups is 1. The molecule has 11 heavy (non-hydrogen) atoms. The highest BCUT2D eigenvalue weighted by atomic mass is 16.7. The fourth-order valence-electron chi connectivity index (χ4n) is 0.700. The highest BCUT2D eigenvalue weighted by Gasteiger charge is 2.30. The summed E-state index contributed by atoms with van der Waals surface area (Å²) < 4.78 is 0. The normalized spacial score (nSPS) is 32.0. The molecule has 0 amide bonds. The third-order valence-corrected chi connectivity index (χ3v) is 1.25. The van der Waals surface area contributed by atoms with Gasteiger partial charge in [0.2, 0.25) is 6.35 Å². The van der Waals surface area contributed by atoms with E-state index in [1.165, 1.54) is 0 Å². The third kappa shape index (κ3) is 1.74. The monoisotopic (exact) mass is 164 g/mol. The fraction of sp³-hybridized carbons (Fsp3) is 1.00. The van der Waals surface area contributed by atoms with Gasteiger partial charge in [0.05, 0.1) is 0 Å². The highest BCUT2D eigenvalue weighted by molar-refractivity contribution is 4.59. The Morgan fingerprint density at radius 1 is 1.64 bits per heavy atom. The Balaban J connectivity index is 2.50. The molecular weight excluding hydrogens is 156 g/mol. The summed E-state index contributed by atoms with van der Waals surface area (Å²) in [6, 6.07) is 0. The van der Waals surface area contributed by atoms with E-state index in [4.69, 9.17) is 10.2 Å². The van der Waals surface area contributed by atoms with E-state index in [1.807, 2.05) is 0 Å². The van der Waals surface area contributed by atoms with Gasteiger partial charge in [0.25, 0.3) is 0 Å². The standard InChI is InChI=1S/C3H8N4O4/c8-2-4-1-6(7(10)11)3(9)5-2/h2-5,8-9H,1H2. The zero-order valence-corrected chi connectivity index (χ0v) is 5.47. The molecule has 1 aliphatic heterocycles. The summed E-state index contributed by atoms with van der Waals surface area (Å²) in [5.74, 6) is 0. The van der Waals surface area contributed by atoms with Crippen molar-refractivity contribution in [3.05, 3.63) is 10.1 Å². The van der Waals surface area contributed by atoms with Crippen molar-refractivity contribution in [2.24, 2.45) is 0 Å². The molecular formula is C3H8N4O4. The molecule has 0 bridgehead atoms. The van der Waals surface area contributed by atoms with Crippen LogP contribution in [0, 0.1) is 10.1 Å². The van der Waals surface area contributed by atoms with Crippen LogP contribution in [0.5, 0.6) is 0 Å². The molecule has 1 heterocycles. The van der Waals surface area contributed by atoms with Gasteiger partial charge in [-0.15, -0.1) is 0 Å². The van der Waals surface area contributed by atoms with E-state index in [-0.39, 0.29) is 6.67 Å². The van der Waals surface area contributed by atoms with Crippen LogP contribution in [0.15, 0.2) is 0 Å². The van der Waals surface area contributed by atoms with Crippen molar-refractivity contribution in [3.8, 4) is 0 Å². The van der Waals surface area contributed by atoms with Crippen LogP contribution < -0.4 is 10.6 Å². The van der Waals surface area contributed by atoms with Crippen LogP contribution >= 0.6 is 0 Å². The molecule has 0 aromatic rings. The topological polar surface area (TPSA) is 111 Å². The van der Waals surface area contributed by atoms with Crippen molar-refractivity contribution in [3.63, 3.8) is 0 Å². The van der Waals surface area contributed by atoms with Gasteiger partial charge in [-0.1, -0.05) is 5.01 Å². The Hall–Kier alpha value is -0.960. The molecule has 0 aliphatic carbocycles. The Morgan fingerprint density at radius 2 is 2.27 bits per heavy atom. The maximum Gasteiger partial charge on any atom is 0.244 e. The minimum Gasteiger partial charge on any atom is -0.365 e. The number of nitrogens with one attached hydrogen (secondary N) is 2. The zero-order chi connectivity index (χ0) is 8.43. The molecule has 0 radical (unpaired) electrons. The highest BCUT2D eigenvalue weighted by Crippen LogP contribution is 1.96. The zero-order valence-electron chi connectivity index (χ0n) is 5.47. The summed E-state index contributed by atoms with van der Waals surface area (Å²) in [4.78, 5) is 10.1. The van der Waals surface area contributed by atoms with E-state index in [1.54, 1.807) is 0 Å². The minimum absolute atomic E-state index is 0.206. The van der Waals surface area contributed by atoms with Crippen molar-refractivity contribution >= 4 is 0 Å². The Labute approximate surface area is 61.5 Å². The molecule has 0 spiro atoms. The first-order valence-corrected chi connectivity index (χ1v) is 2.88. The van der Waals surface area contributed by atoms with Crippen molar-refractivity contribution in [1.82, 2.24) is 15.6 Å². The van der Waals surface area contributed by atoms with Gasteiger partial charge in [-0.2, -0.15) is 0 Å². The predicted molar refractivity (Wildman–Crippen MR) is 32.0 cm³/mol. The molecule has 64 valence electrons. The van der Waals surface area contributed by atoms with E-state index in [2.05, 4.69) is 10.6 Å². The van der Waals surface area contributed by atoms with Crippen molar-refractivity contribution < 1.29 is 15.2 Å². The lowest BCUT2D eigenvalue weighted by Gasteiger charge is -2.29. The second-order valence-electron chi connectivity index (χ2n) is 1.98. The summed E-state index contributed by atoms with van der Waals surface area (Å²) in [6.07, 6.45) is -2.57. The van der Waals surface area contributed by atoms with Gasteiger partial charge in [-0.05, 0) is 0 Å². The number of rotatable bonds is 1. The number of hydrazine groups is 1. The van der Waals surface area contributed by atoms with Gasteiger partial charge < -0.3 is 10.2 Å². The molecule has 4 N–H and O–H groups in total. The first kappa shape index (κ1) is 8.14. The molecule has 2 unspecified atom stereocenters. The quantitative estimate of drug-likeness (QED) is 0.244. The third-order valence-electron chi connectivity index (χ3n) is 1.25. The number of aliphatic hydroxyl groups is 2. The maximum atomic E-state index is 10.1. The molecule has 1 rings (SSSR count). The van der Waals surface area contributed by atoms with E-state index in [0.29, 0.717) is 5.01 Å². The number of nitrogens with zero attached hydrogens (tertiary/aromatic N) is 2. The first-order chi connectivity index (χ1) is 5.11. The van der Waals surface area contributed by atoms with E-state index < -0.39 is 17.7 Å². The molecule has 0 aromatic heterocycles.